The van der Waals surface area contributed by atoms with Crippen LogP contribution in [-0.2, 0) is 17.8 Å². The molecule has 3 heterocycles. The molecule has 1 aromatic carbocycles. The molecule has 7 heteroatoms. The maximum absolute atomic E-state index is 12.6. The molecule has 0 aliphatic carbocycles. The van der Waals surface area contributed by atoms with Gasteiger partial charge in [0.25, 0.3) is 5.91 Å². The summed E-state index contributed by atoms with van der Waals surface area (Å²) in [7, 11) is 3.18. The van der Waals surface area contributed by atoms with Gasteiger partial charge in [-0.25, -0.2) is 0 Å². The van der Waals surface area contributed by atoms with Crippen molar-refractivity contribution in [2.45, 2.75) is 20.0 Å². The van der Waals surface area contributed by atoms with Gasteiger partial charge in [0.2, 0.25) is 0 Å². The molecule has 1 fully saturated rings. The molecule has 0 radical (unpaired) electrons. The molecule has 1 aromatic heterocycles. The van der Waals surface area contributed by atoms with Crippen molar-refractivity contribution in [1.29, 1.82) is 0 Å². The number of ether oxygens (including phenoxy) is 3. The summed E-state index contributed by atoms with van der Waals surface area (Å²) in [6.45, 7) is 6.92. The van der Waals surface area contributed by atoms with Crippen LogP contribution in [0.15, 0.2) is 18.2 Å². The zero-order chi connectivity index (χ0) is 19.0. The van der Waals surface area contributed by atoms with E-state index in [0.29, 0.717) is 23.6 Å². The molecule has 144 valence electrons. The number of nitrogens with zero attached hydrogens (tertiary/aromatic N) is 2. The van der Waals surface area contributed by atoms with Crippen molar-refractivity contribution in [2.24, 2.45) is 0 Å². The number of amides is 1. The van der Waals surface area contributed by atoms with Crippen LogP contribution in [0.5, 0.6) is 11.5 Å². The Hall–Kier alpha value is -2.51. The fraction of sp³-hybridized carbons (Fsp3) is 0.450. The Morgan fingerprint density at radius 1 is 1.11 bits per heavy atom. The highest BCUT2D eigenvalue weighted by Gasteiger charge is 2.26. The Balaban J connectivity index is 1.79. The summed E-state index contributed by atoms with van der Waals surface area (Å²) < 4.78 is 18.5. The van der Waals surface area contributed by atoms with E-state index in [4.69, 9.17) is 14.2 Å². The van der Waals surface area contributed by atoms with Gasteiger partial charge < -0.3 is 24.1 Å². The minimum atomic E-state index is -0.108. The summed E-state index contributed by atoms with van der Waals surface area (Å²) in [5.41, 5.74) is 4.88. The topological polar surface area (TPSA) is 65.0 Å². The molecule has 0 atom stereocenters. The Morgan fingerprint density at radius 2 is 1.81 bits per heavy atom. The third-order valence-electron chi connectivity index (χ3n) is 5.34. The Morgan fingerprint density at radius 3 is 2.52 bits per heavy atom. The number of fused-ring (bicyclic) bond motifs is 3. The maximum atomic E-state index is 12.6. The number of carbonyl (C=O) groups is 1. The van der Waals surface area contributed by atoms with E-state index in [1.54, 1.807) is 20.3 Å². The highest BCUT2D eigenvalue weighted by molar-refractivity contribution is 5.99. The molecule has 0 unspecified atom stereocenters. The van der Waals surface area contributed by atoms with E-state index in [1.165, 1.54) is 5.56 Å². The number of nitrogens with one attached hydrogen (secondary N) is 1. The summed E-state index contributed by atoms with van der Waals surface area (Å²) in [5, 5.41) is 3.00. The van der Waals surface area contributed by atoms with Crippen LogP contribution in [-0.4, -0.2) is 55.9 Å². The van der Waals surface area contributed by atoms with Gasteiger partial charge in [0.05, 0.1) is 45.2 Å². The second-order valence-electron chi connectivity index (χ2n) is 6.88. The van der Waals surface area contributed by atoms with E-state index >= 15 is 0 Å². The number of carbonyl (C=O) groups excluding carboxylic acids is 1. The molecule has 2 aliphatic heterocycles. The zero-order valence-electron chi connectivity index (χ0n) is 16.0. The summed E-state index contributed by atoms with van der Waals surface area (Å²) >= 11 is 0. The molecule has 27 heavy (non-hydrogen) atoms. The number of hydrogen-bond acceptors (Lipinski definition) is 5. The van der Waals surface area contributed by atoms with Gasteiger partial charge in [-0.05, 0) is 24.6 Å². The van der Waals surface area contributed by atoms with Crippen LogP contribution in [0.4, 0.5) is 0 Å². The first-order chi connectivity index (χ1) is 13.1. The van der Waals surface area contributed by atoms with Crippen LogP contribution in [0.3, 0.4) is 0 Å². The highest BCUT2D eigenvalue weighted by atomic mass is 16.5. The fourth-order valence-electron chi connectivity index (χ4n) is 3.86. The van der Waals surface area contributed by atoms with E-state index in [1.807, 2.05) is 6.07 Å². The molecule has 1 N–H and O–H groups in total. The van der Waals surface area contributed by atoms with E-state index in [-0.39, 0.29) is 5.91 Å². The molecule has 4 rings (SSSR count). The van der Waals surface area contributed by atoms with Crippen molar-refractivity contribution in [3.63, 3.8) is 0 Å². The van der Waals surface area contributed by atoms with Crippen LogP contribution >= 0.6 is 0 Å². The van der Waals surface area contributed by atoms with Crippen LogP contribution in [0.25, 0.3) is 5.69 Å². The number of morpholine rings is 1. The van der Waals surface area contributed by atoms with Gasteiger partial charge >= 0.3 is 0 Å². The quantitative estimate of drug-likeness (QED) is 0.889. The third-order valence-corrected chi connectivity index (χ3v) is 5.34. The molecule has 0 spiro atoms. The normalized spacial score (nSPS) is 16.9. The largest absolute Gasteiger partial charge is 0.493 e. The molecule has 1 amide bonds. The lowest BCUT2D eigenvalue weighted by Gasteiger charge is -2.26. The Labute approximate surface area is 158 Å². The minimum absolute atomic E-state index is 0.108. The summed E-state index contributed by atoms with van der Waals surface area (Å²) in [6.07, 6.45) is 0. The van der Waals surface area contributed by atoms with Crippen LogP contribution < -0.4 is 14.8 Å². The van der Waals surface area contributed by atoms with Crippen molar-refractivity contribution in [3.8, 4) is 17.2 Å². The van der Waals surface area contributed by atoms with Gasteiger partial charge in [-0.2, -0.15) is 0 Å². The van der Waals surface area contributed by atoms with Crippen LogP contribution in [0.2, 0.25) is 0 Å². The lowest BCUT2D eigenvalue weighted by Crippen LogP contribution is -2.35. The summed E-state index contributed by atoms with van der Waals surface area (Å²) in [4.78, 5) is 15.0. The Bertz CT molecular complexity index is 869. The average molecular weight is 371 g/mol. The van der Waals surface area contributed by atoms with E-state index in [2.05, 4.69) is 27.8 Å². The van der Waals surface area contributed by atoms with Crippen molar-refractivity contribution in [2.75, 3.05) is 40.5 Å². The number of methoxy groups -OCH3 is 2. The second-order valence-corrected chi connectivity index (χ2v) is 6.88. The predicted molar refractivity (Wildman–Crippen MR) is 101 cm³/mol. The van der Waals surface area contributed by atoms with Gasteiger partial charge in [-0.1, -0.05) is 0 Å². The minimum Gasteiger partial charge on any atom is -0.493 e. The number of rotatable bonds is 4. The molecule has 0 bridgehead atoms. The highest BCUT2D eigenvalue weighted by Crippen LogP contribution is 2.35. The van der Waals surface area contributed by atoms with E-state index < -0.39 is 0 Å². The van der Waals surface area contributed by atoms with E-state index in [0.717, 1.165) is 49.9 Å². The number of benzene rings is 1. The monoisotopic (exact) mass is 371 g/mol. The molecule has 2 aliphatic rings. The third kappa shape index (κ3) is 3.17. The van der Waals surface area contributed by atoms with Gasteiger partial charge in [-0.15, -0.1) is 0 Å². The van der Waals surface area contributed by atoms with Crippen molar-refractivity contribution in [3.05, 3.63) is 40.7 Å². The Kier molecular flexibility index (Phi) is 4.80. The van der Waals surface area contributed by atoms with Crippen molar-refractivity contribution in [1.82, 2.24) is 14.8 Å². The molecular weight excluding hydrogens is 346 g/mol. The van der Waals surface area contributed by atoms with Crippen molar-refractivity contribution >= 4 is 5.91 Å². The smallest absolute Gasteiger partial charge is 0.253 e. The molecular formula is C20H25N3O4. The van der Waals surface area contributed by atoms with Gasteiger partial charge in [0, 0.05) is 37.1 Å². The molecule has 2 aromatic rings. The number of hydrogen-bond donors (Lipinski definition) is 1. The first-order valence-electron chi connectivity index (χ1n) is 9.17. The molecule has 1 saturated heterocycles. The number of aromatic nitrogens is 1. The van der Waals surface area contributed by atoms with Gasteiger partial charge in [0.1, 0.15) is 0 Å². The average Bonchev–Trinajstić information content (AvgIpc) is 2.93. The zero-order valence-corrected chi connectivity index (χ0v) is 16.0. The standard InChI is InChI=1S/C20H25N3O4/c1-13-14(12-22-4-6-27-7-5-22)8-15-11-21-20(24)16-9-18(25-2)19(26-3)10-17(16)23(13)15/h8-10H,4-7,11-12H2,1-3H3,(H,21,24). The lowest BCUT2D eigenvalue weighted by molar-refractivity contribution is 0.0341. The first-order valence-corrected chi connectivity index (χ1v) is 9.17. The fourth-order valence-corrected chi connectivity index (χ4v) is 3.86. The second kappa shape index (κ2) is 7.25. The molecule has 7 nitrogen and oxygen atoms in total. The summed E-state index contributed by atoms with van der Waals surface area (Å²) in [5.74, 6) is 1.05. The predicted octanol–water partition coefficient (Wildman–Crippen LogP) is 1.88. The van der Waals surface area contributed by atoms with Crippen LogP contribution in [0, 0.1) is 6.92 Å². The SMILES string of the molecule is COc1cc2c(cc1OC)-n1c(cc(CN3CCOCC3)c1C)CNC2=O. The first kappa shape index (κ1) is 17.9. The summed E-state index contributed by atoms with van der Waals surface area (Å²) in [6, 6.07) is 5.82. The maximum Gasteiger partial charge on any atom is 0.253 e. The molecule has 0 saturated carbocycles. The van der Waals surface area contributed by atoms with Gasteiger partial charge in [-0.3, -0.25) is 9.69 Å². The van der Waals surface area contributed by atoms with E-state index in [9.17, 15) is 4.79 Å². The lowest BCUT2D eigenvalue weighted by atomic mass is 10.1. The van der Waals surface area contributed by atoms with Gasteiger partial charge in [0.15, 0.2) is 11.5 Å². The van der Waals surface area contributed by atoms with Crippen molar-refractivity contribution < 1.29 is 19.0 Å². The van der Waals surface area contributed by atoms with Crippen LogP contribution in [0.1, 0.15) is 27.3 Å².